The van der Waals surface area contributed by atoms with Crippen molar-refractivity contribution in [1.82, 2.24) is 4.90 Å². The third-order valence-corrected chi connectivity index (χ3v) is 5.30. The summed E-state index contributed by atoms with van der Waals surface area (Å²) in [4.78, 5) is 14.7. The van der Waals surface area contributed by atoms with Crippen LogP contribution in [0.4, 0.5) is 4.39 Å². The van der Waals surface area contributed by atoms with E-state index in [1.807, 2.05) is 6.92 Å². The summed E-state index contributed by atoms with van der Waals surface area (Å²) in [5.74, 6) is -0.159. The molecule has 2 atom stereocenters. The summed E-state index contributed by atoms with van der Waals surface area (Å²) in [7, 11) is 0. The first-order valence-electron chi connectivity index (χ1n) is 8.96. The Labute approximate surface area is 152 Å². The summed E-state index contributed by atoms with van der Waals surface area (Å²) in [6.07, 6.45) is 0.797. The van der Waals surface area contributed by atoms with Gasteiger partial charge in [-0.3, -0.25) is 9.69 Å². The van der Waals surface area contributed by atoms with E-state index in [0.29, 0.717) is 5.56 Å². The number of aliphatic hydroxyl groups excluding tert-OH is 1. The van der Waals surface area contributed by atoms with Crippen LogP contribution in [0.15, 0.2) is 48.5 Å². The highest BCUT2D eigenvalue weighted by Crippen LogP contribution is 2.28. The smallest absolute Gasteiger partial charge is 0.166 e. The van der Waals surface area contributed by atoms with Gasteiger partial charge >= 0.3 is 0 Å². The molecule has 5 heteroatoms. The molecule has 1 fully saturated rings. The molecule has 0 bridgehead atoms. The van der Waals surface area contributed by atoms with Crippen molar-refractivity contribution < 1.29 is 19.4 Å². The van der Waals surface area contributed by atoms with Gasteiger partial charge in [0.15, 0.2) is 5.78 Å². The van der Waals surface area contributed by atoms with Crippen molar-refractivity contribution in [2.75, 3.05) is 13.1 Å². The number of hydrogen-bond donors (Lipinski definition) is 2. The summed E-state index contributed by atoms with van der Waals surface area (Å²) in [6, 6.07) is 12.2. The second kappa shape index (κ2) is 7.98. The van der Waals surface area contributed by atoms with Gasteiger partial charge in [0.1, 0.15) is 11.6 Å². The van der Waals surface area contributed by atoms with Gasteiger partial charge in [-0.2, -0.15) is 0 Å². The van der Waals surface area contributed by atoms with Crippen molar-refractivity contribution in [2.24, 2.45) is 5.92 Å². The predicted octanol–water partition coefficient (Wildman–Crippen LogP) is 3.55. The van der Waals surface area contributed by atoms with Gasteiger partial charge in [0.25, 0.3) is 0 Å². The average Bonchev–Trinajstić information content (AvgIpc) is 2.67. The Bertz CT molecular complexity index is 737. The number of phenolic OH excluding ortho intramolecular Hbond substituents is 1. The van der Waals surface area contributed by atoms with Crippen LogP contribution in [0.2, 0.25) is 0 Å². The Morgan fingerprint density at radius 3 is 2.23 bits per heavy atom. The third kappa shape index (κ3) is 4.11. The molecule has 1 heterocycles. The zero-order valence-electron chi connectivity index (χ0n) is 14.8. The highest BCUT2D eigenvalue weighted by molar-refractivity contribution is 5.97. The van der Waals surface area contributed by atoms with E-state index in [-0.39, 0.29) is 29.3 Å². The molecule has 26 heavy (non-hydrogen) atoms. The quantitative estimate of drug-likeness (QED) is 0.804. The number of piperidine rings is 1. The fourth-order valence-corrected chi connectivity index (χ4v) is 3.57. The SMILES string of the molecule is CC(C(O)c1ccc(O)cc1)N1CCC(C(=O)c2ccc(F)cc2)CC1. The number of halogens is 1. The molecule has 0 spiro atoms. The van der Waals surface area contributed by atoms with Crippen LogP contribution in [0.1, 0.15) is 41.8 Å². The van der Waals surface area contributed by atoms with Crippen LogP contribution >= 0.6 is 0 Å². The van der Waals surface area contributed by atoms with Crippen LogP contribution in [-0.4, -0.2) is 40.0 Å². The van der Waals surface area contributed by atoms with E-state index >= 15 is 0 Å². The van der Waals surface area contributed by atoms with E-state index in [2.05, 4.69) is 4.90 Å². The van der Waals surface area contributed by atoms with Crippen LogP contribution in [0, 0.1) is 11.7 Å². The molecule has 2 aromatic carbocycles. The van der Waals surface area contributed by atoms with Crippen molar-refractivity contribution in [3.05, 3.63) is 65.5 Å². The van der Waals surface area contributed by atoms with Crippen molar-refractivity contribution in [3.63, 3.8) is 0 Å². The molecule has 0 radical (unpaired) electrons. The topological polar surface area (TPSA) is 60.8 Å². The molecule has 0 aromatic heterocycles. The van der Waals surface area contributed by atoms with E-state index in [1.165, 1.54) is 12.1 Å². The zero-order valence-corrected chi connectivity index (χ0v) is 14.8. The monoisotopic (exact) mass is 357 g/mol. The average molecular weight is 357 g/mol. The maximum absolute atomic E-state index is 13.0. The fourth-order valence-electron chi connectivity index (χ4n) is 3.57. The number of ketones is 1. The first-order valence-corrected chi connectivity index (χ1v) is 8.96. The minimum atomic E-state index is -0.653. The minimum Gasteiger partial charge on any atom is -0.508 e. The number of hydrogen-bond acceptors (Lipinski definition) is 4. The summed E-state index contributed by atoms with van der Waals surface area (Å²) in [5, 5.41) is 20.0. The second-order valence-corrected chi connectivity index (χ2v) is 6.96. The molecule has 0 saturated carbocycles. The van der Waals surface area contributed by atoms with Crippen LogP contribution in [-0.2, 0) is 0 Å². The number of nitrogens with zero attached hydrogens (tertiary/aromatic N) is 1. The summed E-state index contributed by atoms with van der Waals surface area (Å²) < 4.78 is 13.0. The molecule has 138 valence electrons. The van der Waals surface area contributed by atoms with Crippen molar-refractivity contribution in [1.29, 1.82) is 0 Å². The number of aromatic hydroxyl groups is 1. The predicted molar refractivity (Wildman–Crippen MR) is 97.6 cm³/mol. The Morgan fingerprint density at radius 2 is 1.65 bits per heavy atom. The normalized spacial score (nSPS) is 18.4. The minimum absolute atomic E-state index is 0.0604. The number of phenols is 1. The highest BCUT2D eigenvalue weighted by Gasteiger charge is 2.30. The van der Waals surface area contributed by atoms with Crippen LogP contribution in [0.5, 0.6) is 5.75 Å². The molecule has 1 saturated heterocycles. The third-order valence-electron chi connectivity index (χ3n) is 5.30. The summed E-state index contributed by atoms with van der Waals surface area (Å²) in [5.41, 5.74) is 1.32. The largest absolute Gasteiger partial charge is 0.508 e. The Balaban J connectivity index is 1.58. The lowest BCUT2D eigenvalue weighted by atomic mass is 9.87. The highest BCUT2D eigenvalue weighted by atomic mass is 19.1. The van der Waals surface area contributed by atoms with Crippen LogP contribution in [0.3, 0.4) is 0 Å². The number of aliphatic hydroxyl groups is 1. The van der Waals surface area contributed by atoms with Gasteiger partial charge in [0.05, 0.1) is 6.10 Å². The molecule has 0 amide bonds. The number of Topliss-reactive ketones (excluding diaryl/α,β-unsaturated/α-hetero) is 1. The number of likely N-dealkylation sites (tertiary alicyclic amines) is 1. The van der Waals surface area contributed by atoms with Gasteiger partial charge < -0.3 is 10.2 Å². The molecule has 0 aliphatic carbocycles. The van der Waals surface area contributed by atoms with Crippen molar-refractivity contribution in [3.8, 4) is 5.75 Å². The lowest BCUT2D eigenvalue weighted by molar-refractivity contribution is 0.0362. The Morgan fingerprint density at radius 1 is 1.08 bits per heavy atom. The van der Waals surface area contributed by atoms with Gasteiger partial charge in [-0.05, 0) is 74.8 Å². The van der Waals surface area contributed by atoms with Gasteiger partial charge in [-0.25, -0.2) is 4.39 Å². The molecule has 2 N–H and O–H groups in total. The molecule has 4 nitrogen and oxygen atoms in total. The number of carbonyl (C=O) groups excluding carboxylic acids is 1. The fraction of sp³-hybridized carbons (Fsp3) is 0.381. The standard InChI is InChI=1S/C21H24FNO3/c1-14(20(25)15-4-8-19(24)9-5-15)23-12-10-17(11-13-23)21(26)16-2-6-18(22)7-3-16/h2-9,14,17,20,24-25H,10-13H2,1H3. The number of carbonyl (C=O) groups is 1. The maximum atomic E-state index is 13.0. The van der Waals surface area contributed by atoms with E-state index in [1.54, 1.807) is 36.4 Å². The summed E-state index contributed by atoms with van der Waals surface area (Å²) in [6.45, 7) is 3.43. The molecule has 2 unspecified atom stereocenters. The Kier molecular flexibility index (Phi) is 5.69. The van der Waals surface area contributed by atoms with Gasteiger partial charge in [0, 0.05) is 17.5 Å². The van der Waals surface area contributed by atoms with Crippen molar-refractivity contribution in [2.45, 2.75) is 31.9 Å². The summed E-state index contributed by atoms with van der Waals surface area (Å²) >= 11 is 0. The maximum Gasteiger partial charge on any atom is 0.166 e. The number of rotatable bonds is 5. The second-order valence-electron chi connectivity index (χ2n) is 6.96. The molecular formula is C21H24FNO3. The zero-order chi connectivity index (χ0) is 18.7. The Hall–Kier alpha value is -2.24. The number of benzene rings is 2. The molecule has 1 aliphatic rings. The van der Waals surface area contributed by atoms with Crippen LogP contribution < -0.4 is 0 Å². The lowest BCUT2D eigenvalue weighted by Crippen LogP contribution is -2.44. The van der Waals surface area contributed by atoms with Gasteiger partial charge in [-0.1, -0.05) is 12.1 Å². The molecule has 1 aliphatic heterocycles. The van der Waals surface area contributed by atoms with Crippen molar-refractivity contribution >= 4 is 5.78 Å². The molecule has 2 aromatic rings. The first-order chi connectivity index (χ1) is 12.5. The van der Waals surface area contributed by atoms with E-state index in [4.69, 9.17) is 0 Å². The lowest BCUT2D eigenvalue weighted by Gasteiger charge is -2.37. The van der Waals surface area contributed by atoms with E-state index in [0.717, 1.165) is 31.5 Å². The molecule has 3 rings (SSSR count). The van der Waals surface area contributed by atoms with Gasteiger partial charge in [-0.15, -0.1) is 0 Å². The first kappa shape index (κ1) is 18.5. The van der Waals surface area contributed by atoms with E-state index in [9.17, 15) is 19.4 Å². The van der Waals surface area contributed by atoms with Crippen LogP contribution in [0.25, 0.3) is 0 Å². The van der Waals surface area contributed by atoms with Gasteiger partial charge in [0.2, 0.25) is 0 Å². The molecular weight excluding hydrogens is 333 g/mol. The van der Waals surface area contributed by atoms with E-state index < -0.39 is 6.10 Å².